The maximum absolute atomic E-state index is 13.5. The number of carboxylic acid groups (broad SMARTS) is 1. The number of nitrogens with zero attached hydrogens (tertiary/aromatic N) is 1. The molecular weight excluding hydrogens is 488 g/mol. The van der Waals surface area contributed by atoms with E-state index in [0.717, 1.165) is 18.4 Å². The second-order valence-corrected chi connectivity index (χ2v) is 9.60. The van der Waals surface area contributed by atoms with Crippen LogP contribution in [0.3, 0.4) is 0 Å². The molecule has 2 aliphatic rings. The molecule has 1 N–H and O–H groups in total. The molecule has 2 aromatic rings. The van der Waals surface area contributed by atoms with E-state index in [9.17, 15) is 36.2 Å². The lowest BCUT2D eigenvalue weighted by molar-refractivity contribution is -0.142. The summed E-state index contributed by atoms with van der Waals surface area (Å²) < 4.78 is 86.0. The van der Waals surface area contributed by atoms with Crippen molar-refractivity contribution in [3.05, 3.63) is 64.7 Å². The summed E-state index contributed by atoms with van der Waals surface area (Å²) in [5.74, 6) is -0.0909. The number of alkyl halides is 6. The third-order valence-corrected chi connectivity index (χ3v) is 6.77. The van der Waals surface area contributed by atoms with Gasteiger partial charge in [-0.1, -0.05) is 12.1 Å². The first kappa shape index (κ1) is 26.3. The standard InChI is InChI=1S/C26H27F6NO3/c27-25(28,29)19-8-9-23(26(30,31)32)18(11-19)14-33-10-2-5-21(15-33)36-20-4-1-3-17(12-20)22(13-24(34)35)16-6-7-16/h1,3-4,8-9,11-12,16,21-22H,2,5-7,10,13-15H2,(H,34,35)/t21?,22-/m0/s1. The number of benzene rings is 2. The fraction of sp³-hybridized carbons (Fsp3) is 0.500. The number of halogens is 6. The number of likely N-dealkylation sites (tertiary alicyclic amines) is 1. The molecular formula is C26H27F6NO3. The van der Waals surface area contributed by atoms with Crippen molar-refractivity contribution in [2.45, 2.75) is 63.0 Å². The minimum absolute atomic E-state index is 0.0316. The van der Waals surface area contributed by atoms with Gasteiger partial charge >= 0.3 is 18.3 Å². The zero-order valence-electron chi connectivity index (χ0n) is 19.4. The minimum Gasteiger partial charge on any atom is -0.489 e. The monoisotopic (exact) mass is 515 g/mol. The Morgan fingerprint density at radius 1 is 1.03 bits per heavy atom. The number of piperidine rings is 1. The Balaban J connectivity index is 1.47. The van der Waals surface area contributed by atoms with Gasteiger partial charge in [0.05, 0.1) is 17.5 Å². The van der Waals surface area contributed by atoms with Gasteiger partial charge in [-0.3, -0.25) is 9.69 Å². The van der Waals surface area contributed by atoms with E-state index in [1.807, 2.05) is 12.1 Å². The van der Waals surface area contributed by atoms with Crippen molar-refractivity contribution >= 4 is 5.97 Å². The van der Waals surface area contributed by atoms with Gasteiger partial charge in [-0.25, -0.2) is 0 Å². The Labute approximate surface area is 204 Å². The largest absolute Gasteiger partial charge is 0.489 e. The van der Waals surface area contributed by atoms with E-state index in [2.05, 4.69) is 0 Å². The van der Waals surface area contributed by atoms with E-state index in [-0.39, 0.29) is 31.5 Å². The van der Waals surface area contributed by atoms with Crippen molar-refractivity contribution in [2.24, 2.45) is 5.92 Å². The molecule has 1 heterocycles. The number of carboxylic acids is 1. The van der Waals surface area contributed by atoms with Crippen LogP contribution in [0.25, 0.3) is 0 Å². The molecule has 36 heavy (non-hydrogen) atoms. The zero-order chi connectivity index (χ0) is 26.1. The van der Waals surface area contributed by atoms with Crippen LogP contribution in [-0.4, -0.2) is 35.2 Å². The fourth-order valence-corrected chi connectivity index (χ4v) is 4.93. The molecule has 1 aliphatic heterocycles. The molecule has 0 spiro atoms. The SMILES string of the molecule is O=C(O)C[C@H](c1cccc(OC2CCCN(Cc3cc(C(F)(F)F)ccc3C(F)(F)F)C2)c1)C1CC1. The van der Waals surface area contributed by atoms with Crippen molar-refractivity contribution in [3.8, 4) is 5.75 Å². The highest BCUT2D eigenvalue weighted by atomic mass is 19.4. The molecule has 2 atom stereocenters. The number of aliphatic carboxylic acids is 1. The lowest BCUT2D eigenvalue weighted by Gasteiger charge is -2.33. The van der Waals surface area contributed by atoms with Crippen molar-refractivity contribution in [1.82, 2.24) is 4.90 Å². The van der Waals surface area contributed by atoms with Crippen LogP contribution >= 0.6 is 0 Å². The van der Waals surface area contributed by atoms with Crippen molar-refractivity contribution < 1.29 is 41.0 Å². The molecule has 196 valence electrons. The molecule has 1 aliphatic carbocycles. The number of rotatable bonds is 8. The van der Waals surface area contributed by atoms with E-state index >= 15 is 0 Å². The van der Waals surface area contributed by atoms with E-state index in [1.165, 1.54) is 0 Å². The summed E-state index contributed by atoms with van der Waals surface area (Å²) in [6.07, 6.45) is -6.59. The Morgan fingerprint density at radius 2 is 1.78 bits per heavy atom. The Kier molecular flexibility index (Phi) is 7.54. The third-order valence-electron chi connectivity index (χ3n) is 6.77. The van der Waals surface area contributed by atoms with Gasteiger partial charge in [0.2, 0.25) is 0 Å². The molecule has 2 aromatic carbocycles. The molecule has 4 nitrogen and oxygen atoms in total. The topological polar surface area (TPSA) is 49.8 Å². The van der Waals surface area contributed by atoms with Gasteiger partial charge in [0, 0.05) is 13.1 Å². The van der Waals surface area contributed by atoms with Crippen molar-refractivity contribution in [2.75, 3.05) is 13.1 Å². The van der Waals surface area contributed by atoms with Crippen LogP contribution in [0.15, 0.2) is 42.5 Å². The van der Waals surface area contributed by atoms with E-state index in [4.69, 9.17) is 4.74 Å². The first-order valence-corrected chi connectivity index (χ1v) is 11.9. The Hall–Kier alpha value is -2.75. The first-order valence-electron chi connectivity index (χ1n) is 11.9. The van der Waals surface area contributed by atoms with Crippen LogP contribution in [0.5, 0.6) is 5.75 Å². The lowest BCUT2D eigenvalue weighted by atomic mass is 9.91. The summed E-state index contributed by atoms with van der Waals surface area (Å²) in [7, 11) is 0. The van der Waals surface area contributed by atoms with Crippen LogP contribution in [-0.2, 0) is 23.7 Å². The van der Waals surface area contributed by atoms with Crippen molar-refractivity contribution in [1.29, 1.82) is 0 Å². The molecule has 0 amide bonds. The minimum atomic E-state index is -4.76. The second kappa shape index (κ2) is 10.3. The number of hydrogen-bond acceptors (Lipinski definition) is 3. The Bertz CT molecular complexity index is 1080. The van der Waals surface area contributed by atoms with E-state index in [1.54, 1.807) is 17.0 Å². The highest BCUT2D eigenvalue weighted by molar-refractivity contribution is 5.68. The summed E-state index contributed by atoms with van der Waals surface area (Å²) in [6, 6.07) is 8.77. The summed E-state index contributed by atoms with van der Waals surface area (Å²) in [5, 5.41) is 9.26. The predicted molar refractivity (Wildman–Crippen MR) is 120 cm³/mol. The normalized spacial score (nSPS) is 20.2. The highest BCUT2D eigenvalue weighted by Crippen LogP contribution is 2.45. The quantitative estimate of drug-likeness (QED) is 0.396. The summed E-state index contributed by atoms with van der Waals surface area (Å²) >= 11 is 0. The number of carbonyl (C=O) groups is 1. The first-order chi connectivity index (χ1) is 16.9. The summed E-state index contributed by atoms with van der Waals surface area (Å²) in [6.45, 7) is 0.426. The molecule has 0 aromatic heterocycles. The Morgan fingerprint density at radius 3 is 2.42 bits per heavy atom. The molecule has 0 bridgehead atoms. The van der Waals surface area contributed by atoms with E-state index in [0.29, 0.717) is 49.3 Å². The number of hydrogen-bond donors (Lipinski definition) is 1. The molecule has 1 saturated carbocycles. The van der Waals surface area contributed by atoms with Gasteiger partial charge < -0.3 is 9.84 Å². The zero-order valence-corrected chi connectivity index (χ0v) is 19.4. The predicted octanol–water partition coefficient (Wildman–Crippen LogP) is 6.74. The van der Waals surface area contributed by atoms with Crippen LogP contribution in [0.4, 0.5) is 26.3 Å². The van der Waals surface area contributed by atoms with Crippen LogP contribution in [0.1, 0.15) is 60.3 Å². The summed E-state index contributed by atoms with van der Waals surface area (Å²) in [5.41, 5.74) is -1.72. The van der Waals surface area contributed by atoms with Crippen molar-refractivity contribution in [3.63, 3.8) is 0 Å². The molecule has 2 fully saturated rings. The van der Waals surface area contributed by atoms with Gasteiger partial charge in [-0.15, -0.1) is 0 Å². The lowest BCUT2D eigenvalue weighted by Crippen LogP contribution is -2.41. The average molecular weight is 515 g/mol. The van der Waals surface area contributed by atoms with Gasteiger partial charge in [-0.05, 0) is 85.5 Å². The second-order valence-electron chi connectivity index (χ2n) is 9.60. The van der Waals surface area contributed by atoms with Gasteiger partial charge in [-0.2, -0.15) is 26.3 Å². The molecule has 10 heteroatoms. The van der Waals surface area contributed by atoms with Gasteiger partial charge in [0.15, 0.2) is 0 Å². The van der Waals surface area contributed by atoms with Crippen LogP contribution in [0, 0.1) is 5.92 Å². The molecule has 4 rings (SSSR count). The molecule has 1 unspecified atom stereocenters. The molecule has 0 radical (unpaired) electrons. The van der Waals surface area contributed by atoms with Gasteiger partial charge in [0.25, 0.3) is 0 Å². The third kappa shape index (κ3) is 6.72. The highest BCUT2D eigenvalue weighted by Gasteiger charge is 2.38. The fourth-order valence-electron chi connectivity index (χ4n) is 4.93. The average Bonchev–Trinajstić information content (AvgIpc) is 3.62. The van der Waals surface area contributed by atoms with Crippen LogP contribution < -0.4 is 4.74 Å². The van der Waals surface area contributed by atoms with Gasteiger partial charge in [0.1, 0.15) is 11.9 Å². The van der Waals surface area contributed by atoms with Crippen LogP contribution in [0.2, 0.25) is 0 Å². The summed E-state index contributed by atoms with van der Waals surface area (Å²) in [4.78, 5) is 13.0. The smallest absolute Gasteiger partial charge is 0.416 e. The maximum Gasteiger partial charge on any atom is 0.416 e. The molecule has 1 saturated heterocycles. The maximum atomic E-state index is 13.5. The van der Waals surface area contributed by atoms with E-state index < -0.39 is 35.0 Å². The number of ether oxygens (including phenoxy) is 1.